The lowest BCUT2D eigenvalue weighted by Crippen LogP contribution is -2.17. The number of fused-ring (bicyclic) bond motifs is 1. The Bertz CT molecular complexity index is 987. The molecule has 124 valence electrons. The molecule has 0 atom stereocenters. The van der Waals surface area contributed by atoms with Gasteiger partial charge in [0.25, 0.3) is 5.56 Å². The summed E-state index contributed by atoms with van der Waals surface area (Å²) in [6.07, 6.45) is -4.93. The lowest BCUT2D eigenvalue weighted by Gasteiger charge is -2.13. The number of nitrogens with zero attached hydrogens (tertiary/aromatic N) is 1. The maximum absolute atomic E-state index is 12.5. The van der Waals surface area contributed by atoms with Gasteiger partial charge in [-0.2, -0.15) is 0 Å². The van der Waals surface area contributed by atoms with Crippen LogP contribution in [0, 0.1) is 0 Å². The van der Waals surface area contributed by atoms with Crippen molar-refractivity contribution in [3.63, 3.8) is 0 Å². The van der Waals surface area contributed by atoms with Gasteiger partial charge in [-0.25, -0.2) is 4.98 Å². The van der Waals surface area contributed by atoms with Crippen LogP contribution in [0.1, 0.15) is 0 Å². The standard InChI is InChI=1S/C15H7Cl2F3N2O2/c16-9-5-7(6-11(12(9)17)24-15(18,19)20)13-21-10-4-2-1-3-8(10)14(23)22-13/h1-6H,(H,21,22,23). The third-order valence-electron chi connectivity index (χ3n) is 3.11. The van der Waals surface area contributed by atoms with E-state index >= 15 is 0 Å². The number of nitrogens with one attached hydrogen (secondary N) is 1. The van der Waals surface area contributed by atoms with Crippen LogP contribution in [0.5, 0.6) is 5.75 Å². The van der Waals surface area contributed by atoms with Crippen LogP contribution in [0.15, 0.2) is 41.2 Å². The molecule has 0 aliphatic rings. The Morgan fingerprint density at radius 2 is 1.83 bits per heavy atom. The second-order valence-corrected chi connectivity index (χ2v) is 5.53. The zero-order valence-corrected chi connectivity index (χ0v) is 13.1. The summed E-state index contributed by atoms with van der Waals surface area (Å²) in [5, 5.41) is -0.196. The van der Waals surface area contributed by atoms with Gasteiger partial charge in [0.15, 0.2) is 0 Å². The topological polar surface area (TPSA) is 55.0 Å². The summed E-state index contributed by atoms with van der Waals surface area (Å²) in [4.78, 5) is 18.8. The minimum atomic E-state index is -4.93. The Morgan fingerprint density at radius 1 is 1.12 bits per heavy atom. The largest absolute Gasteiger partial charge is 0.573 e. The van der Waals surface area contributed by atoms with E-state index in [1.165, 1.54) is 6.07 Å². The number of ether oxygens (including phenoxy) is 1. The molecule has 3 rings (SSSR count). The molecule has 0 saturated carbocycles. The molecule has 1 heterocycles. The average Bonchev–Trinajstić information content (AvgIpc) is 2.50. The van der Waals surface area contributed by atoms with Gasteiger partial charge in [0.05, 0.1) is 15.9 Å². The fraction of sp³-hybridized carbons (Fsp3) is 0.0667. The second-order valence-electron chi connectivity index (χ2n) is 4.75. The van der Waals surface area contributed by atoms with Gasteiger partial charge in [0.1, 0.15) is 16.6 Å². The first-order chi connectivity index (χ1) is 11.2. The van der Waals surface area contributed by atoms with Crippen LogP contribution < -0.4 is 10.3 Å². The summed E-state index contributed by atoms with van der Waals surface area (Å²) < 4.78 is 41.2. The van der Waals surface area contributed by atoms with Crippen LogP contribution >= 0.6 is 23.2 Å². The van der Waals surface area contributed by atoms with E-state index in [4.69, 9.17) is 23.2 Å². The Hall–Kier alpha value is -2.25. The molecular formula is C15H7Cl2F3N2O2. The van der Waals surface area contributed by atoms with E-state index < -0.39 is 17.7 Å². The fourth-order valence-electron chi connectivity index (χ4n) is 2.12. The molecule has 0 spiro atoms. The molecule has 1 N–H and O–H groups in total. The van der Waals surface area contributed by atoms with Crippen LogP contribution in [0.25, 0.3) is 22.3 Å². The second kappa shape index (κ2) is 5.99. The third-order valence-corrected chi connectivity index (χ3v) is 3.89. The first-order valence-electron chi connectivity index (χ1n) is 6.49. The lowest BCUT2D eigenvalue weighted by atomic mass is 10.2. The number of rotatable bonds is 2. The molecule has 9 heteroatoms. The van der Waals surface area contributed by atoms with Gasteiger partial charge in [0, 0.05) is 5.56 Å². The summed E-state index contributed by atoms with van der Waals surface area (Å²) in [5.74, 6) is -0.633. The van der Waals surface area contributed by atoms with Gasteiger partial charge in [-0.15, -0.1) is 13.2 Å². The Morgan fingerprint density at radius 3 is 2.54 bits per heavy atom. The maximum atomic E-state index is 12.5. The van der Waals surface area contributed by atoms with Crippen LogP contribution in [-0.2, 0) is 0 Å². The highest BCUT2D eigenvalue weighted by Crippen LogP contribution is 2.38. The normalized spacial score (nSPS) is 11.7. The SMILES string of the molecule is O=c1[nH]c(-c2cc(Cl)c(Cl)c(OC(F)(F)F)c2)nc2ccccc12. The highest BCUT2D eigenvalue weighted by atomic mass is 35.5. The van der Waals surface area contributed by atoms with Gasteiger partial charge in [-0.1, -0.05) is 35.3 Å². The van der Waals surface area contributed by atoms with Crippen molar-refractivity contribution in [2.45, 2.75) is 6.36 Å². The predicted molar refractivity (Wildman–Crippen MR) is 84.5 cm³/mol. The number of para-hydroxylation sites is 1. The number of H-pyrrole nitrogens is 1. The zero-order valence-electron chi connectivity index (χ0n) is 11.6. The number of hydrogen-bond acceptors (Lipinski definition) is 3. The van der Waals surface area contributed by atoms with Gasteiger partial charge in [-0.05, 0) is 24.3 Å². The van der Waals surface area contributed by atoms with E-state index in [0.29, 0.717) is 10.9 Å². The van der Waals surface area contributed by atoms with E-state index in [9.17, 15) is 18.0 Å². The van der Waals surface area contributed by atoms with Crippen LogP contribution in [0.4, 0.5) is 13.2 Å². The van der Waals surface area contributed by atoms with Crippen LogP contribution in [0.3, 0.4) is 0 Å². The molecule has 0 aliphatic heterocycles. The minimum Gasteiger partial charge on any atom is -0.404 e. The number of hydrogen-bond donors (Lipinski definition) is 1. The zero-order chi connectivity index (χ0) is 17.5. The molecule has 3 aromatic rings. The molecule has 4 nitrogen and oxygen atoms in total. The van der Waals surface area contributed by atoms with E-state index in [2.05, 4.69) is 14.7 Å². The smallest absolute Gasteiger partial charge is 0.404 e. The van der Waals surface area contributed by atoms with E-state index in [1.54, 1.807) is 24.3 Å². The van der Waals surface area contributed by atoms with E-state index in [0.717, 1.165) is 6.07 Å². The number of aromatic nitrogens is 2. The van der Waals surface area contributed by atoms with Crippen molar-refractivity contribution in [2.24, 2.45) is 0 Å². The third kappa shape index (κ3) is 3.32. The Balaban J connectivity index is 2.18. The highest BCUT2D eigenvalue weighted by Gasteiger charge is 2.32. The number of aromatic amines is 1. The molecule has 2 aromatic carbocycles. The van der Waals surface area contributed by atoms with Crippen LogP contribution in [0.2, 0.25) is 10.0 Å². The van der Waals surface area contributed by atoms with Crippen molar-refractivity contribution in [3.05, 3.63) is 56.8 Å². The Kier molecular flexibility index (Phi) is 4.15. The van der Waals surface area contributed by atoms with Crippen LogP contribution in [-0.4, -0.2) is 16.3 Å². The van der Waals surface area contributed by atoms with Crippen molar-refractivity contribution in [1.29, 1.82) is 0 Å². The monoisotopic (exact) mass is 374 g/mol. The summed E-state index contributed by atoms with van der Waals surface area (Å²) in [5.41, 5.74) is 0.0899. The van der Waals surface area contributed by atoms with E-state index in [-0.39, 0.29) is 21.4 Å². The summed E-state index contributed by atoms with van der Waals surface area (Å²) >= 11 is 11.6. The molecule has 0 radical (unpaired) electrons. The maximum Gasteiger partial charge on any atom is 0.573 e. The van der Waals surface area contributed by atoms with Crippen molar-refractivity contribution in [1.82, 2.24) is 9.97 Å². The van der Waals surface area contributed by atoms with Crippen molar-refractivity contribution < 1.29 is 17.9 Å². The molecule has 0 fully saturated rings. The van der Waals surface area contributed by atoms with E-state index in [1.807, 2.05) is 0 Å². The van der Waals surface area contributed by atoms with Gasteiger partial charge in [0.2, 0.25) is 0 Å². The van der Waals surface area contributed by atoms with Crippen molar-refractivity contribution in [2.75, 3.05) is 0 Å². The quantitative estimate of drug-likeness (QED) is 0.701. The molecule has 0 saturated heterocycles. The molecule has 1 aromatic heterocycles. The highest BCUT2D eigenvalue weighted by molar-refractivity contribution is 6.43. The molecule has 0 amide bonds. The number of benzene rings is 2. The number of alkyl halides is 3. The van der Waals surface area contributed by atoms with Crippen molar-refractivity contribution in [3.8, 4) is 17.1 Å². The van der Waals surface area contributed by atoms with Gasteiger partial charge in [-0.3, -0.25) is 4.79 Å². The minimum absolute atomic E-state index is 0.0456. The Labute approximate surface area is 142 Å². The average molecular weight is 375 g/mol. The number of halogens is 5. The van der Waals surface area contributed by atoms with Gasteiger partial charge >= 0.3 is 6.36 Å². The first-order valence-corrected chi connectivity index (χ1v) is 7.24. The van der Waals surface area contributed by atoms with Gasteiger partial charge < -0.3 is 9.72 Å². The summed E-state index contributed by atoms with van der Waals surface area (Å²) in [7, 11) is 0. The molecule has 24 heavy (non-hydrogen) atoms. The lowest BCUT2D eigenvalue weighted by molar-refractivity contribution is -0.274. The first kappa shape index (κ1) is 16.6. The predicted octanol–water partition coefficient (Wildman–Crippen LogP) is 4.80. The molecule has 0 unspecified atom stereocenters. The fourth-order valence-corrected chi connectivity index (χ4v) is 2.48. The molecule has 0 aliphatic carbocycles. The summed E-state index contributed by atoms with van der Waals surface area (Å²) in [6, 6.07) is 8.85. The molecule has 0 bridgehead atoms. The van der Waals surface area contributed by atoms with Crippen molar-refractivity contribution >= 4 is 34.1 Å². The molecular weight excluding hydrogens is 368 g/mol. The summed E-state index contributed by atoms with van der Waals surface area (Å²) in [6.45, 7) is 0.